The van der Waals surface area contributed by atoms with Crippen molar-refractivity contribution >= 4 is 38.8 Å². The maximum atomic E-state index is 12.8. The van der Waals surface area contributed by atoms with Gasteiger partial charge in [-0.1, -0.05) is 12.1 Å². The van der Waals surface area contributed by atoms with Crippen LogP contribution in [0.2, 0.25) is 0 Å². The van der Waals surface area contributed by atoms with Crippen molar-refractivity contribution in [1.29, 1.82) is 0 Å². The van der Waals surface area contributed by atoms with Crippen molar-refractivity contribution in [2.75, 3.05) is 5.32 Å². The second kappa shape index (κ2) is 9.21. The molecule has 0 fully saturated rings. The molecule has 2 N–H and O–H groups in total. The first kappa shape index (κ1) is 25.6. The number of amides is 1. The van der Waals surface area contributed by atoms with Crippen LogP contribution in [0.25, 0.3) is 22.7 Å². The molecule has 36 heavy (non-hydrogen) atoms. The van der Waals surface area contributed by atoms with Gasteiger partial charge < -0.3 is 19.4 Å². The molecule has 1 amide bonds. The van der Waals surface area contributed by atoms with E-state index in [0.717, 1.165) is 24.3 Å². The van der Waals surface area contributed by atoms with E-state index in [2.05, 4.69) is 26.2 Å². The molecule has 0 aliphatic rings. The van der Waals surface area contributed by atoms with Crippen LogP contribution in [0.1, 0.15) is 30.7 Å². The minimum absolute atomic E-state index is 0.0589. The molecule has 4 rings (SSSR count). The number of hydrogen-bond acceptors (Lipinski definition) is 5. The van der Waals surface area contributed by atoms with Gasteiger partial charge in [0.1, 0.15) is 6.54 Å². The first-order valence-electron chi connectivity index (χ1n) is 10.8. The number of rotatable bonds is 5. The van der Waals surface area contributed by atoms with E-state index < -0.39 is 28.7 Å². The summed E-state index contributed by atoms with van der Waals surface area (Å²) in [5.41, 5.74) is -0.355. The fraction of sp³-hybridized carbons (Fsp3) is 0.240. The first-order valence-corrected chi connectivity index (χ1v) is 11.5. The van der Waals surface area contributed by atoms with Crippen molar-refractivity contribution in [3.63, 3.8) is 0 Å². The fourth-order valence-corrected chi connectivity index (χ4v) is 4.00. The molecule has 4 aromatic rings. The van der Waals surface area contributed by atoms with E-state index in [-0.39, 0.29) is 33.8 Å². The predicted molar refractivity (Wildman–Crippen MR) is 131 cm³/mol. The van der Waals surface area contributed by atoms with Crippen molar-refractivity contribution in [3.05, 3.63) is 80.0 Å². The zero-order chi connectivity index (χ0) is 26.4. The van der Waals surface area contributed by atoms with Gasteiger partial charge in [0, 0.05) is 16.9 Å². The van der Waals surface area contributed by atoms with Crippen LogP contribution in [0.3, 0.4) is 0 Å². The maximum absolute atomic E-state index is 12.8. The summed E-state index contributed by atoms with van der Waals surface area (Å²) in [4.78, 5) is 30.0. The van der Waals surface area contributed by atoms with Gasteiger partial charge in [-0.2, -0.15) is 18.2 Å². The molecule has 0 saturated carbocycles. The molecule has 0 unspecified atom stereocenters. The van der Waals surface area contributed by atoms with Crippen LogP contribution in [0.4, 0.5) is 18.9 Å². The van der Waals surface area contributed by atoms with Crippen molar-refractivity contribution < 1.29 is 27.5 Å². The molecule has 11 heteroatoms. The summed E-state index contributed by atoms with van der Waals surface area (Å²) >= 11 is 3.24. The monoisotopic (exact) mass is 563 g/mol. The van der Waals surface area contributed by atoms with Gasteiger partial charge in [0.25, 0.3) is 0 Å². The quantitative estimate of drug-likeness (QED) is 0.329. The lowest BCUT2D eigenvalue weighted by Crippen LogP contribution is -2.23. The van der Waals surface area contributed by atoms with Crippen LogP contribution in [0, 0.1) is 6.92 Å². The van der Waals surface area contributed by atoms with E-state index in [1.54, 1.807) is 45.0 Å². The van der Waals surface area contributed by atoms with Gasteiger partial charge in [0.05, 0.1) is 15.6 Å². The number of carbonyl (C=O) groups excluding carboxylic acids is 1. The predicted octanol–water partition coefficient (Wildman–Crippen LogP) is 5.61. The van der Waals surface area contributed by atoms with E-state index in [0.29, 0.717) is 16.8 Å². The topological polar surface area (TPSA) is 97.4 Å². The summed E-state index contributed by atoms with van der Waals surface area (Å²) in [7, 11) is 0. The number of aliphatic hydroxyl groups is 1. The summed E-state index contributed by atoms with van der Waals surface area (Å²) in [6, 6.07) is 10.9. The van der Waals surface area contributed by atoms with E-state index in [1.807, 2.05) is 0 Å². The molecule has 0 spiro atoms. The minimum Gasteiger partial charge on any atom is -0.430 e. The van der Waals surface area contributed by atoms with Gasteiger partial charge in [-0.05, 0) is 78.7 Å². The van der Waals surface area contributed by atoms with Crippen molar-refractivity contribution in [1.82, 2.24) is 9.55 Å². The molecule has 0 atom stereocenters. The third kappa shape index (κ3) is 5.07. The van der Waals surface area contributed by atoms with Crippen molar-refractivity contribution in [2.24, 2.45) is 0 Å². The number of alkyl halides is 3. The number of oxazole rings is 1. The summed E-state index contributed by atoms with van der Waals surface area (Å²) in [5.74, 6) is -0.382. The lowest BCUT2D eigenvalue weighted by atomic mass is 9.97. The lowest BCUT2D eigenvalue weighted by molar-refractivity contribution is -0.137. The normalized spacial score (nSPS) is 12.2. The Morgan fingerprint density at radius 2 is 1.67 bits per heavy atom. The smallest absolute Gasteiger partial charge is 0.416 e. The number of hydrogen-bond donors (Lipinski definition) is 2. The number of benzene rings is 2. The minimum atomic E-state index is -4.48. The van der Waals surface area contributed by atoms with Gasteiger partial charge in [-0.3, -0.25) is 9.59 Å². The number of aromatic nitrogens is 2. The highest BCUT2D eigenvalue weighted by molar-refractivity contribution is 9.10. The van der Waals surface area contributed by atoms with E-state index >= 15 is 0 Å². The van der Waals surface area contributed by atoms with Crippen LogP contribution in [0.5, 0.6) is 0 Å². The van der Waals surface area contributed by atoms with Gasteiger partial charge >= 0.3 is 6.18 Å². The number of nitrogens with zero attached hydrogens (tertiary/aromatic N) is 2. The molecule has 0 aliphatic heterocycles. The Labute approximate surface area is 211 Å². The Morgan fingerprint density at radius 1 is 1.08 bits per heavy atom. The van der Waals surface area contributed by atoms with Gasteiger partial charge in [0.15, 0.2) is 5.65 Å². The Morgan fingerprint density at radius 3 is 2.22 bits per heavy atom. The number of pyridine rings is 1. The standard InChI is InChI=1S/C25H21BrF3N3O4/c1-13-19(26)20(34)21-22(31-23(36-21)14-4-6-15(7-5-14)24(2,3)35)32(13)12-18(33)30-17-10-8-16(9-11-17)25(27,28)29/h4-11,35H,12H2,1-3H3,(H,30,33). The Bertz CT molecular complexity index is 1500. The van der Waals surface area contributed by atoms with E-state index in [4.69, 9.17) is 4.42 Å². The lowest BCUT2D eigenvalue weighted by Gasteiger charge is -2.17. The Hall–Kier alpha value is -3.44. The summed E-state index contributed by atoms with van der Waals surface area (Å²) in [6.07, 6.45) is -4.48. The van der Waals surface area contributed by atoms with Crippen molar-refractivity contribution in [3.8, 4) is 11.5 Å². The van der Waals surface area contributed by atoms with E-state index in [1.165, 1.54) is 4.57 Å². The maximum Gasteiger partial charge on any atom is 0.416 e. The van der Waals surface area contributed by atoms with Crippen LogP contribution >= 0.6 is 15.9 Å². The molecule has 188 valence electrons. The van der Waals surface area contributed by atoms with E-state index in [9.17, 15) is 27.9 Å². The molecular weight excluding hydrogens is 543 g/mol. The zero-order valence-corrected chi connectivity index (χ0v) is 21.0. The molecule has 0 radical (unpaired) electrons. The Kier molecular flexibility index (Phi) is 6.56. The molecule has 2 aromatic heterocycles. The van der Waals surface area contributed by atoms with Crippen LogP contribution in [0.15, 0.2) is 62.2 Å². The zero-order valence-electron chi connectivity index (χ0n) is 19.4. The van der Waals surface area contributed by atoms with Gasteiger partial charge in [-0.15, -0.1) is 0 Å². The molecule has 7 nitrogen and oxygen atoms in total. The average Bonchev–Trinajstić information content (AvgIpc) is 3.25. The molecule has 2 heterocycles. The average molecular weight is 564 g/mol. The molecule has 0 bridgehead atoms. The first-order chi connectivity index (χ1) is 16.8. The third-order valence-electron chi connectivity index (χ3n) is 5.63. The van der Waals surface area contributed by atoms with Crippen molar-refractivity contribution in [2.45, 2.75) is 39.1 Å². The molecular formula is C25H21BrF3N3O4. The van der Waals surface area contributed by atoms with Crippen LogP contribution < -0.4 is 10.7 Å². The van der Waals surface area contributed by atoms with Gasteiger partial charge in [-0.25, -0.2) is 0 Å². The number of halogens is 4. The highest BCUT2D eigenvalue weighted by atomic mass is 79.9. The van der Waals surface area contributed by atoms with Gasteiger partial charge in [0.2, 0.25) is 22.8 Å². The number of nitrogens with one attached hydrogen (secondary N) is 1. The van der Waals surface area contributed by atoms with Crippen LogP contribution in [-0.2, 0) is 23.1 Å². The highest BCUT2D eigenvalue weighted by Gasteiger charge is 2.30. The summed E-state index contributed by atoms with van der Waals surface area (Å²) in [6.45, 7) is 4.67. The molecule has 2 aromatic carbocycles. The largest absolute Gasteiger partial charge is 0.430 e. The number of carbonyl (C=O) groups is 1. The summed E-state index contributed by atoms with van der Waals surface area (Å²) in [5, 5.41) is 12.7. The second-order valence-corrected chi connectivity index (χ2v) is 9.54. The third-order valence-corrected chi connectivity index (χ3v) is 6.56. The molecule has 0 saturated heterocycles. The number of anilines is 1. The van der Waals surface area contributed by atoms with Crippen LogP contribution in [-0.4, -0.2) is 20.6 Å². The highest BCUT2D eigenvalue weighted by Crippen LogP contribution is 2.30. The fourth-order valence-electron chi connectivity index (χ4n) is 3.61. The Balaban J connectivity index is 1.66. The second-order valence-electron chi connectivity index (χ2n) is 8.75. The SMILES string of the molecule is Cc1c(Br)c(=O)c2oc(-c3ccc(C(C)(C)O)cc3)nc2n1CC(=O)Nc1ccc(C(F)(F)F)cc1. The number of fused-ring (bicyclic) bond motifs is 1. The summed E-state index contributed by atoms with van der Waals surface area (Å²) < 4.78 is 45.8. The molecule has 0 aliphatic carbocycles.